The molecule has 2 aromatic rings. The van der Waals surface area contributed by atoms with Crippen LogP contribution in [0.1, 0.15) is 50.0 Å². The number of hydrogen-bond acceptors (Lipinski definition) is 5. The molecule has 1 aromatic carbocycles. The Labute approximate surface area is 173 Å². The van der Waals surface area contributed by atoms with Gasteiger partial charge in [0.05, 0.1) is 13.0 Å². The summed E-state index contributed by atoms with van der Waals surface area (Å²) in [7, 11) is 0. The normalized spacial score (nSPS) is 10.7. The Kier molecular flexibility index (Phi) is 8.65. The first kappa shape index (κ1) is 22.4. The maximum Gasteiger partial charge on any atom is 0.307 e. The highest BCUT2D eigenvalue weighted by molar-refractivity contribution is 5.94. The van der Waals surface area contributed by atoms with Gasteiger partial charge in [-0.15, -0.1) is 0 Å². The van der Waals surface area contributed by atoms with Gasteiger partial charge >= 0.3 is 5.97 Å². The number of amides is 1. The molecule has 0 saturated heterocycles. The topological polar surface area (TPSA) is 62.7 Å². The van der Waals surface area contributed by atoms with Gasteiger partial charge in [-0.25, -0.2) is 0 Å². The number of pyridine rings is 1. The van der Waals surface area contributed by atoms with Crippen molar-refractivity contribution in [2.75, 3.05) is 24.6 Å². The Hall–Kier alpha value is -2.89. The Morgan fingerprint density at radius 3 is 2.38 bits per heavy atom. The molecule has 0 aliphatic carbocycles. The van der Waals surface area contributed by atoms with Gasteiger partial charge in [-0.1, -0.05) is 6.07 Å². The van der Waals surface area contributed by atoms with E-state index in [1.807, 2.05) is 36.4 Å². The lowest BCUT2D eigenvalue weighted by Crippen LogP contribution is -2.33. The van der Waals surface area contributed by atoms with E-state index in [0.717, 1.165) is 17.8 Å². The van der Waals surface area contributed by atoms with Gasteiger partial charge < -0.3 is 14.5 Å². The van der Waals surface area contributed by atoms with Crippen molar-refractivity contribution in [3.63, 3.8) is 0 Å². The van der Waals surface area contributed by atoms with Crippen molar-refractivity contribution in [2.45, 2.75) is 46.7 Å². The van der Waals surface area contributed by atoms with Crippen LogP contribution in [0.2, 0.25) is 0 Å². The molecule has 156 valence electrons. The fourth-order valence-electron chi connectivity index (χ4n) is 3.25. The molecule has 0 aliphatic heterocycles. The summed E-state index contributed by atoms with van der Waals surface area (Å²) in [5, 5.41) is 0. The number of rotatable bonds is 10. The van der Waals surface area contributed by atoms with Crippen LogP contribution < -0.4 is 4.90 Å². The van der Waals surface area contributed by atoms with Gasteiger partial charge in [0.25, 0.3) is 5.91 Å². The summed E-state index contributed by atoms with van der Waals surface area (Å²) in [6, 6.07) is 11.8. The Morgan fingerprint density at radius 1 is 1.10 bits per heavy atom. The minimum atomic E-state index is -0.303. The number of anilines is 1. The van der Waals surface area contributed by atoms with Crippen LogP contribution in [0.25, 0.3) is 0 Å². The van der Waals surface area contributed by atoms with Crippen LogP contribution in [0.3, 0.4) is 0 Å². The molecule has 1 heterocycles. The first-order valence-electron chi connectivity index (χ1n) is 10.2. The minimum Gasteiger partial charge on any atom is -0.466 e. The quantitative estimate of drug-likeness (QED) is 0.569. The first-order chi connectivity index (χ1) is 14.0. The van der Waals surface area contributed by atoms with Gasteiger partial charge in [0.2, 0.25) is 0 Å². The predicted molar refractivity (Wildman–Crippen MR) is 115 cm³/mol. The van der Waals surface area contributed by atoms with Crippen molar-refractivity contribution in [1.82, 2.24) is 9.88 Å². The number of carbonyl (C=O) groups is 2. The highest BCUT2D eigenvalue weighted by Gasteiger charge is 2.19. The van der Waals surface area contributed by atoms with E-state index in [9.17, 15) is 9.59 Å². The zero-order chi connectivity index (χ0) is 21.2. The summed E-state index contributed by atoms with van der Waals surface area (Å²) >= 11 is 0. The maximum absolute atomic E-state index is 13.1. The Morgan fingerprint density at radius 2 is 1.83 bits per heavy atom. The Bertz CT molecular complexity index is 776. The van der Waals surface area contributed by atoms with E-state index >= 15 is 0 Å². The molecule has 0 atom stereocenters. The number of ether oxygens (including phenoxy) is 1. The molecule has 0 aliphatic rings. The van der Waals surface area contributed by atoms with Crippen molar-refractivity contribution in [3.8, 4) is 0 Å². The highest BCUT2D eigenvalue weighted by Crippen LogP contribution is 2.19. The fourth-order valence-corrected chi connectivity index (χ4v) is 3.25. The monoisotopic (exact) mass is 397 g/mol. The van der Waals surface area contributed by atoms with E-state index < -0.39 is 0 Å². The van der Waals surface area contributed by atoms with Crippen LogP contribution in [-0.4, -0.2) is 47.5 Å². The van der Waals surface area contributed by atoms with E-state index in [0.29, 0.717) is 31.3 Å². The molecule has 0 unspecified atom stereocenters. The van der Waals surface area contributed by atoms with Crippen molar-refractivity contribution in [2.24, 2.45) is 0 Å². The minimum absolute atomic E-state index is 0.114. The number of benzene rings is 1. The lowest BCUT2D eigenvalue weighted by Gasteiger charge is -2.28. The van der Waals surface area contributed by atoms with Crippen LogP contribution in [0.15, 0.2) is 48.8 Å². The van der Waals surface area contributed by atoms with Crippen molar-refractivity contribution >= 4 is 17.6 Å². The SMILES string of the molecule is CCOC(=O)CCN(Cc1cccnc1)C(=O)c1ccc(N(CC)C(C)C)cc1. The third-order valence-electron chi connectivity index (χ3n) is 4.68. The molecule has 29 heavy (non-hydrogen) atoms. The van der Waals surface area contributed by atoms with E-state index in [4.69, 9.17) is 4.74 Å². The highest BCUT2D eigenvalue weighted by atomic mass is 16.5. The van der Waals surface area contributed by atoms with Crippen LogP contribution in [0.4, 0.5) is 5.69 Å². The predicted octanol–water partition coefficient (Wildman–Crippen LogP) is 3.91. The molecule has 6 nitrogen and oxygen atoms in total. The zero-order valence-electron chi connectivity index (χ0n) is 17.8. The van der Waals surface area contributed by atoms with Gasteiger partial charge in [0.15, 0.2) is 0 Å². The van der Waals surface area contributed by atoms with Gasteiger partial charge in [-0.05, 0) is 63.6 Å². The van der Waals surface area contributed by atoms with E-state index in [1.165, 1.54) is 0 Å². The standard InChI is InChI=1S/C23H31N3O3/c1-5-26(18(3)4)21-11-9-20(10-12-21)23(28)25(15-13-22(27)29-6-2)17-19-8-7-14-24-16-19/h7-12,14,16,18H,5-6,13,15,17H2,1-4H3. The molecule has 0 saturated carbocycles. The van der Waals surface area contributed by atoms with Crippen molar-refractivity contribution < 1.29 is 14.3 Å². The van der Waals surface area contributed by atoms with Crippen LogP contribution in [-0.2, 0) is 16.1 Å². The Balaban J connectivity index is 2.17. The molecule has 2 rings (SSSR count). The first-order valence-corrected chi connectivity index (χ1v) is 10.2. The molecule has 1 amide bonds. The second-order valence-corrected chi connectivity index (χ2v) is 7.07. The second kappa shape index (κ2) is 11.2. The van der Waals surface area contributed by atoms with Gasteiger partial charge in [-0.2, -0.15) is 0 Å². The molecule has 6 heteroatoms. The number of aromatic nitrogens is 1. The van der Waals surface area contributed by atoms with Crippen molar-refractivity contribution in [3.05, 3.63) is 59.9 Å². The van der Waals surface area contributed by atoms with Crippen LogP contribution >= 0.6 is 0 Å². The van der Waals surface area contributed by atoms with E-state index in [2.05, 4.69) is 30.7 Å². The fraction of sp³-hybridized carbons (Fsp3) is 0.435. The van der Waals surface area contributed by atoms with Crippen molar-refractivity contribution in [1.29, 1.82) is 0 Å². The average molecular weight is 398 g/mol. The smallest absolute Gasteiger partial charge is 0.307 e. The molecular formula is C23H31N3O3. The summed E-state index contributed by atoms with van der Waals surface area (Å²) in [5.74, 6) is -0.417. The molecule has 0 fully saturated rings. The summed E-state index contributed by atoms with van der Waals surface area (Å²) < 4.78 is 5.01. The molecule has 1 aromatic heterocycles. The average Bonchev–Trinajstić information content (AvgIpc) is 2.72. The van der Waals surface area contributed by atoms with Gasteiger partial charge in [-0.3, -0.25) is 14.6 Å². The zero-order valence-corrected chi connectivity index (χ0v) is 17.8. The summed E-state index contributed by atoms with van der Waals surface area (Å²) in [6.45, 7) is 10.1. The number of carbonyl (C=O) groups excluding carboxylic acids is 2. The molecule has 0 radical (unpaired) electrons. The number of hydrogen-bond donors (Lipinski definition) is 0. The molecule has 0 spiro atoms. The lowest BCUT2D eigenvalue weighted by atomic mass is 10.1. The number of nitrogens with zero attached hydrogens (tertiary/aromatic N) is 3. The van der Waals surface area contributed by atoms with Crippen LogP contribution in [0.5, 0.6) is 0 Å². The number of esters is 1. The van der Waals surface area contributed by atoms with Crippen LogP contribution in [0, 0.1) is 0 Å². The molecule has 0 bridgehead atoms. The summed E-state index contributed by atoms with van der Waals surface area (Å²) in [4.78, 5) is 33.0. The summed E-state index contributed by atoms with van der Waals surface area (Å²) in [5.41, 5.74) is 2.60. The lowest BCUT2D eigenvalue weighted by molar-refractivity contribution is -0.143. The third-order valence-corrected chi connectivity index (χ3v) is 4.68. The molecule has 0 N–H and O–H groups in total. The maximum atomic E-state index is 13.1. The van der Waals surface area contributed by atoms with E-state index in [-0.39, 0.29) is 18.3 Å². The van der Waals surface area contributed by atoms with Gasteiger partial charge in [0, 0.05) is 49.3 Å². The van der Waals surface area contributed by atoms with Gasteiger partial charge in [0.1, 0.15) is 0 Å². The summed E-state index contributed by atoms with van der Waals surface area (Å²) in [6.07, 6.45) is 3.59. The second-order valence-electron chi connectivity index (χ2n) is 7.07. The third kappa shape index (κ3) is 6.59. The van der Waals surface area contributed by atoms with E-state index in [1.54, 1.807) is 24.2 Å². The molecular weight excluding hydrogens is 366 g/mol. The largest absolute Gasteiger partial charge is 0.466 e.